The van der Waals surface area contributed by atoms with Crippen molar-refractivity contribution in [2.24, 2.45) is 22.9 Å². The fourth-order valence-electron chi connectivity index (χ4n) is 10.0. The van der Waals surface area contributed by atoms with Crippen LogP contribution in [0.3, 0.4) is 0 Å². The molecule has 0 unspecified atom stereocenters. The van der Waals surface area contributed by atoms with E-state index in [4.69, 9.17) is 102 Å². The number of aliphatic hydroxyl groups excluding tert-OH is 4. The molecule has 44 heteroatoms. The molecule has 14 heterocycles. The molecule has 10 aromatic rings. The zero-order valence-corrected chi connectivity index (χ0v) is 50.1. The predicted octanol–water partition coefficient (Wildman–Crippen LogP) is -5.88. The zero-order valence-electron chi connectivity index (χ0n) is 50.1. The first-order valence-corrected chi connectivity index (χ1v) is 28.4. The molecular weight excluding hydrogens is 1270 g/mol. The van der Waals surface area contributed by atoms with E-state index in [0.29, 0.717) is 81.8 Å². The number of ether oxygens (including phenoxy) is 4. The van der Waals surface area contributed by atoms with Crippen molar-refractivity contribution >= 4 is 85.9 Å². The molecule has 96 heavy (non-hydrogen) atoms. The number of anilines is 7. The normalized spacial score (nSPS) is 23.3. The molecule has 0 radical (unpaired) electrons. The molecule has 44 nitrogen and oxygen atoms in total. The van der Waals surface area contributed by atoms with Crippen LogP contribution in [0.25, 0.3) is 44.7 Å². The van der Waals surface area contributed by atoms with Crippen LogP contribution in [-0.4, -0.2) is 193 Å². The molecule has 31 N–H and O–H groups in total. The SMILES string of the molecule is C.C.Cc1c[nH]c(=O)[nH]c1=O.Cc1cn([C@H]2C[C@@H](N)[C@@H](CO)O2)c(=O)[nH]c1=O.Nc1nc(N)c2[nH]cnc2n1.Nc1nc(N)c2ncn([C@H]3C[C@@H](N)[C@@H](CO)O3)c2n1.Nc1nc(N)c2ncn([C@H]3C[C@@H](N)[C@@H](CO)O3)c2n1.Nc1nc2c(ncn2[C@H]2C[C@@H](N)[C@@H](CO)O2)c(=O)[nH]1. The molecule has 4 aliphatic heterocycles. The number of rotatable bonds is 8. The monoisotopic (exact) mass is 1350 g/mol. The van der Waals surface area contributed by atoms with Gasteiger partial charge in [-0.25, -0.2) is 29.5 Å². The number of aliphatic hydroxyl groups is 4. The third-order valence-corrected chi connectivity index (χ3v) is 15.0. The topological polar surface area (TPSA) is 730 Å². The van der Waals surface area contributed by atoms with Crippen molar-refractivity contribution in [3.8, 4) is 0 Å². The van der Waals surface area contributed by atoms with Gasteiger partial charge in [0.25, 0.3) is 16.7 Å². The lowest BCUT2D eigenvalue weighted by atomic mass is 10.1. The van der Waals surface area contributed by atoms with E-state index < -0.39 is 47.2 Å². The molecule has 0 aliphatic carbocycles. The van der Waals surface area contributed by atoms with E-state index in [0.717, 1.165) is 0 Å². The molecule has 0 spiro atoms. The van der Waals surface area contributed by atoms with Crippen molar-refractivity contribution < 1.29 is 39.4 Å². The smallest absolute Gasteiger partial charge is 0.330 e. The molecule has 4 saturated heterocycles. The highest BCUT2D eigenvalue weighted by atomic mass is 16.5. The molecule has 0 bridgehead atoms. The van der Waals surface area contributed by atoms with Crippen LogP contribution in [0.15, 0.2) is 61.7 Å². The fraction of sp³-hybridized carbons (Fsp3) is 0.462. The molecular formula is C52H79N31O13. The molecule has 0 saturated carbocycles. The van der Waals surface area contributed by atoms with Gasteiger partial charge in [-0.2, -0.15) is 34.9 Å². The van der Waals surface area contributed by atoms with Crippen molar-refractivity contribution in [2.45, 2.75) is 128 Å². The average Bonchev–Trinajstić information content (AvgIpc) is 1.64. The maximum atomic E-state index is 11.7. The van der Waals surface area contributed by atoms with Crippen LogP contribution in [0.5, 0.6) is 0 Å². The van der Waals surface area contributed by atoms with Crippen LogP contribution in [0.4, 0.5) is 41.2 Å². The first-order valence-electron chi connectivity index (χ1n) is 28.4. The first kappa shape index (κ1) is 72.9. The summed E-state index contributed by atoms with van der Waals surface area (Å²) >= 11 is 0. The van der Waals surface area contributed by atoms with Crippen LogP contribution in [0.1, 0.15) is 76.6 Å². The number of nitrogen functional groups attached to an aromatic ring is 7. The van der Waals surface area contributed by atoms with Gasteiger partial charge in [0.1, 0.15) is 41.5 Å². The van der Waals surface area contributed by atoms with Gasteiger partial charge in [0.05, 0.1) is 76.2 Å². The van der Waals surface area contributed by atoms with Gasteiger partial charge in [0.2, 0.25) is 23.8 Å². The molecule has 10 aromatic heterocycles. The maximum Gasteiger partial charge on any atom is 0.330 e. The second kappa shape index (κ2) is 31.1. The number of nitrogens with two attached hydrogens (primary N) is 11. The van der Waals surface area contributed by atoms with Crippen molar-refractivity contribution in [1.82, 2.24) is 98.0 Å². The van der Waals surface area contributed by atoms with Gasteiger partial charge in [-0.1, -0.05) is 14.9 Å². The van der Waals surface area contributed by atoms with Gasteiger partial charge in [-0.15, -0.1) is 0 Å². The highest BCUT2D eigenvalue weighted by molar-refractivity contribution is 5.84. The van der Waals surface area contributed by atoms with E-state index in [-0.39, 0.29) is 137 Å². The molecule has 0 aromatic carbocycles. The van der Waals surface area contributed by atoms with Crippen LogP contribution in [-0.2, 0) is 18.9 Å². The highest BCUT2D eigenvalue weighted by Crippen LogP contribution is 2.33. The average molecular weight is 1350 g/mol. The Morgan fingerprint density at radius 1 is 0.469 bits per heavy atom. The number of hydrogen-bond acceptors (Lipinski definition) is 35. The fourth-order valence-corrected chi connectivity index (χ4v) is 10.0. The lowest BCUT2D eigenvalue weighted by Crippen LogP contribution is -2.33. The Hall–Kier alpha value is -10.5. The van der Waals surface area contributed by atoms with Crippen LogP contribution >= 0.6 is 0 Å². The van der Waals surface area contributed by atoms with E-state index in [1.807, 2.05) is 0 Å². The van der Waals surface area contributed by atoms with Crippen molar-refractivity contribution in [2.75, 3.05) is 66.6 Å². The molecule has 0 amide bonds. The van der Waals surface area contributed by atoms with E-state index in [9.17, 15) is 24.0 Å². The van der Waals surface area contributed by atoms with E-state index in [1.165, 1.54) is 29.6 Å². The maximum absolute atomic E-state index is 11.7. The third-order valence-electron chi connectivity index (χ3n) is 15.0. The molecule has 520 valence electrons. The first-order chi connectivity index (χ1) is 44.8. The van der Waals surface area contributed by atoms with Gasteiger partial charge in [-0.3, -0.25) is 47.6 Å². The van der Waals surface area contributed by atoms with E-state index in [1.54, 1.807) is 40.2 Å². The Morgan fingerprint density at radius 3 is 1.28 bits per heavy atom. The highest BCUT2D eigenvalue weighted by Gasteiger charge is 2.38. The second-order valence-corrected chi connectivity index (χ2v) is 21.5. The van der Waals surface area contributed by atoms with Crippen molar-refractivity contribution in [1.29, 1.82) is 0 Å². The van der Waals surface area contributed by atoms with Crippen molar-refractivity contribution in [3.63, 3.8) is 0 Å². The summed E-state index contributed by atoms with van der Waals surface area (Å²) in [5, 5.41) is 36.5. The van der Waals surface area contributed by atoms with Crippen molar-refractivity contribution in [3.05, 3.63) is 101 Å². The molecule has 4 fully saturated rings. The van der Waals surface area contributed by atoms with Gasteiger partial charge >= 0.3 is 11.4 Å². The van der Waals surface area contributed by atoms with Gasteiger partial charge in [0, 0.05) is 73.4 Å². The van der Waals surface area contributed by atoms with Crippen LogP contribution < -0.4 is 91.1 Å². The Balaban J connectivity index is 0.000000165. The van der Waals surface area contributed by atoms with E-state index in [2.05, 4.69) is 79.7 Å². The predicted molar refractivity (Wildman–Crippen MR) is 348 cm³/mol. The minimum Gasteiger partial charge on any atom is -0.394 e. The number of aromatic nitrogens is 20. The number of H-pyrrole nitrogens is 5. The number of nitrogens with zero attached hydrogens (tertiary/aromatic N) is 15. The molecule has 12 atom stereocenters. The Bertz CT molecular complexity index is 4470. The number of nitrogens with one attached hydrogen (secondary N) is 5. The number of aromatic amines is 5. The Kier molecular flexibility index (Phi) is 23.7. The lowest BCUT2D eigenvalue weighted by molar-refractivity contribution is -0.0272. The Morgan fingerprint density at radius 2 is 0.865 bits per heavy atom. The summed E-state index contributed by atoms with van der Waals surface area (Å²) in [6.45, 7) is 2.64. The summed E-state index contributed by atoms with van der Waals surface area (Å²) < 4.78 is 28.7. The number of fused-ring (bicyclic) bond motifs is 4. The largest absolute Gasteiger partial charge is 0.394 e. The minimum absolute atomic E-state index is 0. The van der Waals surface area contributed by atoms with Gasteiger partial charge < -0.3 is 112 Å². The van der Waals surface area contributed by atoms with Crippen LogP contribution in [0, 0.1) is 13.8 Å². The number of imidazole rings is 4. The van der Waals surface area contributed by atoms with Gasteiger partial charge in [-0.05, 0) is 13.8 Å². The van der Waals surface area contributed by atoms with E-state index >= 15 is 0 Å². The quantitative estimate of drug-likeness (QED) is 0.0674. The zero-order chi connectivity index (χ0) is 68.0. The summed E-state index contributed by atoms with van der Waals surface area (Å²) in [4.78, 5) is 111. The van der Waals surface area contributed by atoms with Crippen LogP contribution in [0.2, 0.25) is 0 Å². The lowest BCUT2D eigenvalue weighted by Gasteiger charge is -2.14. The number of aryl methyl sites for hydroxylation is 2. The standard InChI is InChI=1S/2C10H15N7O2.C10H14N6O3.C10H15N3O4.C5H6N6.C5H6N2O2.2CH4/c2*11-4-1-6(19-5(4)2-18)17-3-14-7-8(12)15-10(13)16-9(7)17;11-4-1-6(19-5(4)2-17)16-3-13-7-8(16)14-10(12)15-9(7)18;1-5-3-13(10(16)12-9(5)15)8-2-6(11)7(4-14)17-8;6-3-2-4(9-1-8-2)11-5(7)10-3;1-3-2-6-5(9)7-4(3)8;;/h2*3-6,18H,1-2,11H2,(H4,12,13,15,16);3-6,17H,1-2,11H2,(H3,12,14,15,18);3,6-8,14H,2,4,11H2,1H3,(H,12,15,16);1H,(H5,6,7,8,9,10,11);2H,1H3,(H2,6,7,8,9);2*1H4/t3*4-,5-,6-;6-,7-,8-;;;;/m1111..../s1. The van der Waals surface area contributed by atoms with Gasteiger partial charge in [0.15, 0.2) is 45.6 Å². The summed E-state index contributed by atoms with van der Waals surface area (Å²) in [5.74, 6) is 1.08. The molecule has 14 rings (SSSR count). The second-order valence-electron chi connectivity index (χ2n) is 21.5. The Labute approximate surface area is 540 Å². The summed E-state index contributed by atoms with van der Waals surface area (Å²) in [6.07, 6.45) is 7.63. The summed E-state index contributed by atoms with van der Waals surface area (Å²) in [7, 11) is 0. The molecule has 4 aliphatic rings. The third kappa shape index (κ3) is 16.2. The summed E-state index contributed by atoms with van der Waals surface area (Å²) in [6, 6.07) is -1.05. The minimum atomic E-state index is -0.537. The number of hydrogen-bond donors (Lipinski definition) is 20. The summed E-state index contributed by atoms with van der Waals surface area (Å²) in [5.41, 5.74) is 64.8.